The molecular formula is C13H12N4O2S2. The molecule has 0 aromatic carbocycles. The zero-order chi connectivity index (χ0) is 14.6. The second-order valence-electron chi connectivity index (χ2n) is 4.93. The summed E-state index contributed by atoms with van der Waals surface area (Å²) in [7, 11) is 0. The molecule has 0 bridgehead atoms. The number of hydrogen-bond acceptors (Lipinski definition) is 5. The van der Waals surface area contributed by atoms with Crippen LogP contribution in [0.5, 0.6) is 0 Å². The lowest BCUT2D eigenvalue weighted by atomic mass is 10.2. The van der Waals surface area contributed by atoms with E-state index in [2.05, 4.69) is 10.3 Å². The fourth-order valence-electron chi connectivity index (χ4n) is 2.55. The number of nitrogens with zero attached hydrogens (tertiary/aromatic N) is 3. The van der Waals surface area contributed by atoms with Gasteiger partial charge in [0.1, 0.15) is 10.9 Å². The summed E-state index contributed by atoms with van der Waals surface area (Å²) >= 11 is 2.96. The fourth-order valence-corrected chi connectivity index (χ4v) is 4.31. The van der Waals surface area contributed by atoms with Crippen LogP contribution >= 0.6 is 22.7 Å². The van der Waals surface area contributed by atoms with E-state index < -0.39 is 6.04 Å². The number of thiophene rings is 1. The second kappa shape index (κ2) is 4.54. The first-order valence-corrected chi connectivity index (χ1v) is 8.28. The molecule has 8 heteroatoms. The number of carbonyl (C=O) groups is 2. The Kier molecular flexibility index (Phi) is 2.76. The molecule has 2 amide bonds. The number of aromatic nitrogens is 2. The van der Waals surface area contributed by atoms with E-state index in [4.69, 9.17) is 0 Å². The highest BCUT2D eigenvalue weighted by Crippen LogP contribution is 2.29. The van der Waals surface area contributed by atoms with Crippen LogP contribution in [0.4, 0.5) is 0 Å². The van der Waals surface area contributed by atoms with Crippen molar-refractivity contribution in [2.45, 2.75) is 13.0 Å². The molecule has 6 nitrogen and oxygen atoms in total. The van der Waals surface area contributed by atoms with Crippen LogP contribution in [-0.2, 0) is 4.79 Å². The molecule has 3 aromatic rings. The van der Waals surface area contributed by atoms with E-state index in [1.54, 1.807) is 23.2 Å². The van der Waals surface area contributed by atoms with Crippen molar-refractivity contribution in [3.05, 3.63) is 22.5 Å². The Morgan fingerprint density at radius 1 is 1.52 bits per heavy atom. The lowest BCUT2D eigenvalue weighted by Crippen LogP contribution is -2.55. The van der Waals surface area contributed by atoms with Crippen molar-refractivity contribution in [3.8, 4) is 0 Å². The maximum atomic E-state index is 12.6. The van der Waals surface area contributed by atoms with Crippen LogP contribution in [0.15, 0.2) is 17.6 Å². The zero-order valence-electron chi connectivity index (χ0n) is 11.2. The van der Waals surface area contributed by atoms with Gasteiger partial charge in [0.25, 0.3) is 5.91 Å². The van der Waals surface area contributed by atoms with Gasteiger partial charge in [-0.05, 0) is 13.0 Å². The maximum absolute atomic E-state index is 12.6. The Bertz CT molecular complexity index is 862. The van der Waals surface area contributed by atoms with Gasteiger partial charge in [-0.3, -0.25) is 14.0 Å². The number of imidazole rings is 1. The van der Waals surface area contributed by atoms with Crippen LogP contribution in [0.25, 0.3) is 15.3 Å². The number of carbonyl (C=O) groups excluding carboxylic acids is 2. The van der Waals surface area contributed by atoms with Gasteiger partial charge in [0.05, 0.1) is 10.4 Å². The summed E-state index contributed by atoms with van der Waals surface area (Å²) < 4.78 is 1.99. The molecule has 1 unspecified atom stereocenters. The van der Waals surface area contributed by atoms with Gasteiger partial charge in [-0.1, -0.05) is 0 Å². The highest BCUT2D eigenvalue weighted by Gasteiger charge is 2.31. The van der Waals surface area contributed by atoms with E-state index in [-0.39, 0.29) is 11.8 Å². The highest BCUT2D eigenvalue weighted by atomic mass is 32.1. The normalized spacial score (nSPS) is 19.4. The summed E-state index contributed by atoms with van der Waals surface area (Å²) in [6.07, 6.45) is 1.95. The molecule has 108 valence electrons. The van der Waals surface area contributed by atoms with Crippen LogP contribution in [0, 0.1) is 0 Å². The van der Waals surface area contributed by atoms with Gasteiger partial charge < -0.3 is 10.2 Å². The smallest absolute Gasteiger partial charge is 0.264 e. The summed E-state index contributed by atoms with van der Waals surface area (Å²) in [6, 6.07) is 1.44. The van der Waals surface area contributed by atoms with Gasteiger partial charge in [0.2, 0.25) is 5.91 Å². The monoisotopic (exact) mass is 320 g/mol. The maximum Gasteiger partial charge on any atom is 0.264 e. The van der Waals surface area contributed by atoms with E-state index in [0.717, 1.165) is 15.3 Å². The molecule has 1 aliphatic rings. The summed E-state index contributed by atoms with van der Waals surface area (Å²) in [6.45, 7) is 2.81. The average Bonchev–Trinajstić information content (AvgIpc) is 3.12. The SMILES string of the molecule is CC1C(=O)NCCN1C(=O)c1cc2c(nc3sccn32)s1. The third-order valence-electron chi connectivity index (χ3n) is 3.71. The van der Waals surface area contributed by atoms with E-state index in [9.17, 15) is 9.59 Å². The topological polar surface area (TPSA) is 66.7 Å². The second-order valence-corrected chi connectivity index (χ2v) is 6.84. The molecule has 1 aliphatic heterocycles. The highest BCUT2D eigenvalue weighted by molar-refractivity contribution is 7.21. The standard InChI is InChI=1S/C13H12N4O2S2/c1-7-10(18)14-2-3-16(7)12(19)9-6-8-11(21-9)15-13-17(8)4-5-20-13/h4-7H,2-3H2,1H3,(H,14,18). The number of amides is 2. The fraction of sp³-hybridized carbons (Fsp3) is 0.308. The Hall–Kier alpha value is -1.93. The van der Waals surface area contributed by atoms with Gasteiger partial charge in [0.15, 0.2) is 4.96 Å². The quantitative estimate of drug-likeness (QED) is 0.740. The van der Waals surface area contributed by atoms with Gasteiger partial charge >= 0.3 is 0 Å². The summed E-state index contributed by atoms with van der Waals surface area (Å²) in [5.74, 6) is -0.192. The molecule has 0 aliphatic carbocycles. The molecule has 21 heavy (non-hydrogen) atoms. The van der Waals surface area contributed by atoms with Crippen molar-refractivity contribution in [2.75, 3.05) is 13.1 Å². The predicted octanol–water partition coefficient (Wildman–Crippen LogP) is 1.57. The third-order valence-corrected chi connectivity index (χ3v) is 5.47. The minimum Gasteiger partial charge on any atom is -0.353 e. The molecule has 4 rings (SSSR count). The molecule has 0 saturated carbocycles. The van der Waals surface area contributed by atoms with E-state index in [1.165, 1.54) is 11.3 Å². The van der Waals surface area contributed by atoms with Gasteiger partial charge in [0, 0.05) is 24.7 Å². The van der Waals surface area contributed by atoms with Gasteiger partial charge in [-0.25, -0.2) is 4.98 Å². The van der Waals surface area contributed by atoms with Crippen LogP contribution < -0.4 is 5.32 Å². The van der Waals surface area contributed by atoms with Crippen LogP contribution in [0.1, 0.15) is 16.6 Å². The Balaban J connectivity index is 1.73. The van der Waals surface area contributed by atoms with E-state index in [0.29, 0.717) is 18.0 Å². The predicted molar refractivity (Wildman–Crippen MR) is 82.0 cm³/mol. The Morgan fingerprint density at radius 2 is 2.38 bits per heavy atom. The number of fused-ring (bicyclic) bond motifs is 3. The Labute approximate surface area is 128 Å². The molecule has 3 aromatic heterocycles. The number of thiazole rings is 1. The average molecular weight is 320 g/mol. The molecule has 1 atom stereocenters. The largest absolute Gasteiger partial charge is 0.353 e. The molecule has 1 fully saturated rings. The molecule has 0 spiro atoms. The molecular weight excluding hydrogens is 308 g/mol. The summed E-state index contributed by atoms with van der Waals surface area (Å²) in [5, 5.41) is 4.74. The number of hydrogen-bond donors (Lipinski definition) is 1. The number of piperazine rings is 1. The molecule has 1 N–H and O–H groups in total. The Morgan fingerprint density at radius 3 is 3.24 bits per heavy atom. The molecule has 0 radical (unpaired) electrons. The van der Waals surface area contributed by atoms with Crippen molar-refractivity contribution in [1.82, 2.24) is 19.6 Å². The molecule has 4 heterocycles. The van der Waals surface area contributed by atoms with Gasteiger partial charge in [-0.15, -0.1) is 22.7 Å². The van der Waals surface area contributed by atoms with Crippen molar-refractivity contribution in [1.29, 1.82) is 0 Å². The van der Waals surface area contributed by atoms with Crippen LogP contribution in [0.3, 0.4) is 0 Å². The molecule has 1 saturated heterocycles. The lowest BCUT2D eigenvalue weighted by Gasteiger charge is -2.32. The van der Waals surface area contributed by atoms with Gasteiger partial charge in [-0.2, -0.15) is 0 Å². The van der Waals surface area contributed by atoms with E-state index in [1.807, 2.05) is 22.0 Å². The lowest BCUT2D eigenvalue weighted by molar-refractivity contribution is -0.127. The minimum atomic E-state index is -0.426. The summed E-state index contributed by atoms with van der Waals surface area (Å²) in [5.41, 5.74) is 0.953. The van der Waals surface area contributed by atoms with Crippen LogP contribution in [0.2, 0.25) is 0 Å². The third kappa shape index (κ3) is 1.86. The first-order chi connectivity index (χ1) is 10.1. The number of nitrogens with one attached hydrogen (secondary N) is 1. The zero-order valence-corrected chi connectivity index (χ0v) is 12.8. The van der Waals surface area contributed by atoms with Crippen molar-refractivity contribution in [2.24, 2.45) is 0 Å². The first-order valence-electron chi connectivity index (χ1n) is 6.59. The van der Waals surface area contributed by atoms with E-state index >= 15 is 0 Å². The number of rotatable bonds is 1. The summed E-state index contributed by atoms with van der Waals surface area (Å²) in [4.78, 5) is 32.9. The van der Waals surface area contributed by atoms with Crippen LogP contribution in [-0.4, -0.2) is 45.2 Å². The van der Waals surface area contributed by atoms with Crippen molar-refractivity contribution in [3.63, 3.8) is 0 Å². The minimum absolute atomic E-state index is 0.0932. The van der Waals surface area contributed by atoms with Crippen molar-refractivity contribution >= 4 is 49.8 Å². The first kappa shape index (κ1) is 12.8. The van der Waals surface area contributed by atoms with Crippen molar-refractivity contribution < 1.29 is 9.59 Å².